The van der Waals surface area contributed by atoms with E-state index in [9.17, 15) is 4.79 Å². The Kier molecular flexibility index (Phi) is 8.50. The minimum absolute atomic E-state index is 0. The third-order valence-corrected chi connectivity index (χ3v) is 4.41. The topological polar surface area (TPSA) is 83.6 Å². The maximum atomic E-state index is 11.7. The van der Waals surface area contributed by atoms with Gasteiger partial charge in [0.15, 0.2) is 5.96 Å². The molecule has 2 heterocycles. The number of amides is 1. The van der Waals surface area contributed by atoms with E-state index in [2.05, 4.69) is 27.4 Å². The predicted octanol–water partition coefficient (Wildman–Crippen LogP) is 2.47. The molecule has 1 aromatic carbocycles. The van der Waals surface area contributed by atoms with Gasteiger partial charge in [-0.1, -0.05) is 30.3 Å². The molecule has 1 saturated heterocycles. The molecule has 3 rings (SSSR count). The van der Waals surface area contributed by atoms with E-state index in [0.717, 1.165) is 36.2 Å². The molecule has 1 aromatic heterocycles. The highest BCUT2D eigenvalue weighted by Gasteiger charge is 2.19. The number of carbonyl (C=O) groups excluding carboxylic acids is 1. The maximum Gasteiger partial charge on any atom is 0.222 e. The van der Waals surface area contributed by atoms with Gasteiger partial charge in [0.1, 0.15) is 0 Å². The first-order chi connectivity index (χ1) is 12.7. The van der Waals surface area contributed by atoms with Crippen LogP contribution in [-0.4, -0.2) is 34.8 Å². The van der Waals surface area contributed by atoms with Crippen molar-refractivity contribution in [2.24, 2.45) is 10.7 Å². The third kappa shape index (κ3) is 6.82. The minimum atomic E-state index is 0. The molecule has 0 spiro atoms. The summed E-state index contributed by atoms with van der Waals surface area (Å²) in [4.78, 5) is 22.2. The van der Waals surface area contributed by atoms with Crippen LogP contribution in [0.25, 0.3) is 0 Å². The number of hydrogen-bond acceptors (Lipinski definition) is 3. The largest absolute Gasteiger partial charge is 0.370 e. The summed E-state index contributed by atoms with van der Waals surface area (Å²) >= 11 is 0. The molecule has 1 aliphatic rings. The lowest BCUT2D eigenvalue weighted by Gasteiger charge is -2.15. The van der Waals surface area contributed by atoms with Crippen LogP contribution in [0.5, 0.6) is 0 Å². The first-order valence-electron chi connectivity index (χ1n) is 9.00. The molecule has 0 radical (unpaired) electrons. The number of rotatable bonds is 7. The monoisotopic (exact) mass is 479 g/mol. The average Bonchev–Trinajstić information content (AvgIpc) is 3.07. The van der Waals surface area contributed by atoms with Gasteiger partial charge in [0, 0.05) is 44.4 Å². The van der Waals surface area contributed by atoms with E-state index in [1.165, 1.54) is 0 Å². The lowest BCUT2D eigenvalue weighted by atomic mass is 10.1. The number of nitrogens with one attached hydrogen (secondary N) is 1. The molecule has 1 amide bonds. The van der Waals surface area contributed by atoms with E-state index >= 15 is 0 Å². The summed E-state index contributed by atoms with van der Waals surface area (Å²) < 4.78 is 0. The number of carbonyl (C=O) groups is 1. The van der Waals surface area contributed by atoms with Crippen LogP contribution < -0.4 is 11.1 Å². The van der Waals surface area contributed by atoms with E-state index in [0.29, 0.717) is 32.0 Å². The van der Waals surface area contributed by atoms with Crippen LogP contribution in [-0.2, 0) is 24.3 Å². The van der Waals surface area contributed by atoms with Gasteiger partial charge in [-0.15, -0.1) is 24.0 Å². The van der Waals surface area contributed by atoms with Crippen molar-refractivity contribution < 1.29 is 4.79 Å². The van der Waals surface area contributed by atoms with Crippen LogP contribution in [0.3, 0.4) is 0 Å². The van der Waals surface area contributed by atoms with Gasteiger partial charge >= 0.3 is 0 Å². The Morgan fingerprint density at radius 3 is 2.63 bits per heavy atom. The SMILES string of the molecule is I.NC(=NCc1ccc(CN2CCCC2=O)cc1)NCCc1ccccn1. The quantitative estimate of drug-likeness (QED) is 0.363. The zero-order valence-corrected chi connectivity index (χ0v) is 17.6. The molecule has 0 atom stereocenters. The number of nitrogens with two attached hydrogens (primary N) is 1. The molecular weight excluding hydrogens is 453 g/mol. The summed E-state index contributed by atoms with van der Waals surface area (Å²) in [6.45, 7) is 2.80. The van der Waals surface area contributed by atoms with E-state index < -0.39 is 0 Å². The second-order valence-corrected chi connectivity index (χ2v) is 6.43. The fraction of sp³-hybridized carbons (Fsp3) is 0.350. The fourth-order valence-corrected chi connectivity index (χ4v) is 2.94. The van der Waals surface area contributed by atoms with Crippen LogP contribution >= 0.6 is 24.0 Å². The number of halogens is 1. The van der Waals surface area contributed by atoms with Crippen LogP contribution in [0.2, 0.25) is 0 Å². The molecule has 7 heteroatoms. The average molecular weight is 479 g/mol. The summed E-state index contributed by atoms with van der Waals surface area (Å²) in [5.41, 5.74) is 9.18. The van der Waals surface area contributed by atoms with Gasteiger partial charge in [0.05, 0.1) is 6.54 Å². The molecule has 0 unspecified atom stereocenters. The summed E-state index contributed by atoms with van der Waals surface area (Å²) in [6.07, 6.45) is 4.24. The molecule has 3 N–H and O–H groups in total. The number of guanidine groups is 1. The molecule has 1 fully saturated rings. The van der Waals surface area contributed by atoms with E-state index in [-0.39, 0.29) is 29.9 Å². The number of likely N-dealkylation sites (tertiary alicyclic amines) is 1. The number of nitrogens with zero attached hydrogens (tertiary/aromatic N) is 3. The maximum absolute atomic E-state index is 11.7. The predicted molar refractivity (Wildman–Crippen MR) is 118 cm³/mol. The molecule has 0 bridgehead atoms. The summed E-state index contributed by atoms with van der Waals surface area (Å²) in [5.74, 6) is 0.691. The summed E-state index contributed by atoms with van der Waals surface area (Å²) in [6, 6.07) is 14.1. The second kappa shape index (κ2) is 10.9. The van der Waals surface area contributed by atoms with Crippen molar-refractivity contribution in [1.29, 1.82) is 0 Å². The van der Waals surface area contributed by atoms with Gasteiger partial charge in [-0.25, -0.2) is 4.99 Å². The van der Waals surface area contributed by atoms with Crippen LogP contribution in [0.1, 0.15) is 29.7 Å². The highest BCUT2D eigenvalue weighted by atomic mass is 127. The second-order valence-electron chi connectivity index (χ2n) is 6.43. The summed E-state index contributed by atoms with van der Waals surface area (Å²) in [5, 5.41) is 3.11. The Bertz CT molecular complexity index is 749. The molecule has 1 aliphatic heterocycles. The van der Waals surface area contributed by atoms with Gasteiger partial charge in [0.2, 0.25) is 5.91 Å². The number of aromatic nitrogens is 1. The number of aliphatic imine (C=N–C) groups is 1. The fourth-order valence-electron chi connectivity index (χ4n) is 2.94. The lowest BCUT2D eigenvalue weighted by molar-refractivity contribution is -0.128. The Labute approximate surface area is 177 Å². The molecule has 6 nitrogen and oxygen atoms in total. The van der Waals surface area contributed by atoms with Crippen molar-refractivity contribution in [3.05, 3.63) is 65.5 Å². The van der Waals surface area contributed by atoms with Crippen molar-refractivity contribution in [2.45, 2.75) is 32.4 Å². The highest BCUT2D eigenvalue weighted by molar-refractivity contribution is 14.0. The van der Waals surface area contributed by atoms with Gasteiger partial charge in [0.25, 0.3) is 0 Å². The summed E-state index contributed by atoms with van der Waals surface area (Å²) in [7, 11) is 0. The first-order valence-corrected chi connectivity index (χ1v) is 9.00. The van der Waals surface area contributed by atoms with Gasteiger partial charge in [-0.2, -0.15) is 0 Å². The Morgan fingerprint density at radius 1 is 1.19 bits per heavy atom. The van der Waals surface area contributed by atoms with Crippen LogP contribution in [0.15, 0.2) is 53.7 Å². The smallest absolute Gasteiger partial charge is 0.222 e. The molecule has 27 heavy (non-hydrogen) atoms. The molecule has 2 aromatic rings. The van der Waals surface area contributed by atoms with Crippen LogP contribution in [0, 0.1) is 0 Å². The highest BCUT2D eigenvalue weighted by Crippen LogP contribution is 2.15. The number of pyridine rings is 1. The van der Waals surface area contributed by atoms with Gasteiger partial charge in [-0.3, -0.25) is 9.78 Å². The van der Waals surface area contributed by atoms with Crippen molar-refractivity contribution >= 4 is 35.8 Å². The van der Waals surface area contributed by atoms with E-state index in [1.54, 1.807) is 6.20 Å². The van der Waals surface area contributed by atoms with Crippen molar-refractivity contribution in [3.8, 4) is 0 Å². The standard InChI is InChI=1S/C20H25N5O.HI/c21-20(23-12-10-18-4-1-2-11-22-18)24-14-16-6-8-17(9-7-16)15-25-13-3-5-19(25)26;/h1-2,4,6-9,11H,3,5,10,12-15H2,(H3,21,23,24);1H. The van der Waals surface area contributed by atoms with Crippen molar-refractivity contribution in [2.75, 3.05) is 13.1 Å². The van der Waals surface area contributed by atoms with Crippen molar-refractivity contribution in [3.63, 3.8) is 0 Å². The first kappa shape index (κ1) is 21.1. The number of hydrogen-bond donors (Lipinski definition) is 2. The van der Waals surface area contributed by atoms with Crippen LogP contribution in [0.4, 0.5) is 0 Å². The minimum Gasteiger partial charge on any atom is -0.370 e. The van der Waals surface area contributed by atoms with Gasteiger partial charge < -0.3 is 16.0 Å². The van der Waals surface area contributed by atoms with Gasteiger partial charge in [-0.05, 0) is 29.7 Å². The van der Waals surface area contributed by atoms with Crippen molar-refractivity contribution in [1.82, 2.24) is 15.2 Å². The molecular formula is C20H26IN5O. The molecule has 0 aliphatic carbocycles. The third-order valence-electron chi connectivity index (χ3n) is 4.41. The van der Waals surface area contributed by atoms with E-state index in [1.807, 2.05) is 35.2 Å². The zero-order chi connectivity index (χ0) is 18.2. The molecule has 0 saturated carbocycles. The Hall–Kier alpha value is -2.16. The number of benzene rings is 1. The zero-order valence-electron chi connectivity index (χ0n) is 15.3. The molecule has 144 valence electrons. The lowest BCUT2D eigenvalue weighted by Crippen LogP contribution is -2.33. The Balaban J connectivity index is 0.00000261. The normalized spacial score (nSPS) is 14.1. The van der Waals surface area contributed by atoms with E-state index in [4.69, 9.17) is 5.73 Å². The Morgan fingerprint density at radius 2 is 1.96 bits per heavy atom.